The molecule has 0 spiro atoms. The van der Waals surface area contributed by atoms with Crippen LogP contribution in [0.15, 0.2) is 18.2 Å². The fourth-order valence-corrected chi connectivity index (χ4v) is 3.60. The standard InChI is InChI=1S/C19H19FN6O4/c1-24-18(28)17-14-9-25(5-4-16(14)23-26(17)8-13(10-27)30-24)19(29)22-12-2-3-15(20)11(6-12)7-21/h2-3,6,13,27H,4-5,8-10H2,1H3,(H,22,29). The molecule has 1 aromatic carbocycles. The summed E-state index contributed by atoms with van der Waals surface area (Å²) in [5.74, 6) is -1.06. The molecule has 0 bridgehead atoms. The molecule has 10 nitrogen and oxygen atoms in total. The summed E-state index contributed by atoms with van der Waals surface area (Å²) >= 11 is 0. The third-order valence-electron chi connectivity index (χ3n) is 5.10. The summed E-state index contributed by atoms with van der Waals surface area (Å²) in [6.07, 6.45) is -0.147. The van der Waals surface area contributed by atoms with Gasteiger partial charge in [-0.25, -0.2) is 14.2 Å². The van der Waals surface area contributed by atoms with E-state index in [1.807, 2.05) is 0 Å². The normalized spacial score (nSPS) is 18.3. The number of aromatic nitrogens is 2. The SMILES string of the molecule is CN1OC(CO)Cn2nc3c(c2C1=O)CN(C(=O)Nc1ccc(F)c(C#N)c1)CC3. The number of benzene rings is 1. The number of fused-ring (bicyclic) bond motifs is 3. The van der Waals surface area contributed by atoms with E-state index in [0.717, 1.165) is 16.8 Å². The number of amides is 3. The van der Waals surface area contributed by atoms with Gasteiger partial charge in [-0.05, 0) is 18.2 Å². The van der Waals surface area contributed by atoms with Gasteiger partial charge in [0, 0.05) is 31.3 Å². The summed E-state index contributed by atoms with van der Waals surface area (Å²) < 4.78 is 15.0. The molecule has 0 saturated carbocycles. The lowest BCUT2D eigenvalue weighted by molar-refractivity contribution is -0.159. The Balaban J connectivity index is 1.57. The Morgan fingerprint density at radius 3 is 3.03 bits per heavy atom. The molecule has 0 saturated heterocycles. The van der Waals surface area contributed by atoms with Gasteiger partial charge in [0.25, 0.3) is 5.91 Å². The minimum absolute atomic E-state index is 0.159. The topological polar surface area (TPSA) is 124 Å². The van der Waals surface area contributed by atoms with E-state index in [2.05, 4.69) is 10.4 Å². The molecule has 3 amide bonds. The molecular formula is C19H19FN6O4. The Morgan fingerprint density at radius 2 is 2.30 bits per heavy atom. The van der Waals surface area contributed by atoms with E-state index in [0.29, 0.717) is 29.9 Å². The van der Waals surface area contributed by atoms with Crippen molar-refractivity contribution in [2.24, 2.45) is 0 Å². The number of nitriles is 1. The fourth-order valence-electron chi connectivity index (χ4n) is 3.60. The molecule has 0 radical (unpaired) electrons. The van der Waals surface area contributed by atoms with Gasteiger partial charge in [0.1, 0.15) is 23.7 Å². The van der Waals surface area contributed by atoms with Gasteiger partial charge in [0.2, 0.25) is 0 Å². The number of hydrogen-bond acceptors (Lipinski definition) is 6. The van der Waals surface area contributed by atoms with Crippen LogP contribution in [-0.2, 0) is 24.3 Å². The Kier molecular flexibility index (Phi) is 5.11. The van der Waals surface area contributed by atoms with Crippen LogP contribution in [0, 0.1) is 17.1 Å². The highest BCUT2D eigenvalue weighted by Gasteiger charge is 2.35. The molecule has 1 unspecified atom stereocenters. The summed E-state index contributed by atoms with van der Waals surface area (Å²) in [5, 5.41) is 26.6. The quantitative estimate of drug-likeness (QED) is 0.751. The summed E-state index contributed by atoms with van der Waals surface area (Å²) in [5.41, 5.74) is 1.82. The number of hydrogen-bond donors (Lipinski definition) is 2. The molecule has 2 N–H and O–H groups in total. The van der Waals surface area contributed by atoms with Crippen LogP contribution in [-0.4, -0.2) is 63.1 Å². The minimum atomic E-state index is -0.660. The zero-order valence-electron chi connectivity index (χ0n) is 16.1. The number of aliphatic hydroxyl groups is 1. The number of halogens is 1. The molecule has 11 heteroatoms. The van der Waals surface area contributed by atoms with Gasteiger partial charge in [0.05, 0.1) is 31.0 Å². The summed E-state index contributed by atoms with van der Waals surface area (Å²) in [6, 6.07) is 5.05. The van der Waals surface area contributed by atoms with Crippen molar-refractivity contribution in [3.8, 4) is 6.07 Å². The van der Waals surface area contributed by atoms with Gasteiger partial charge in [-0.3, -0.25) is 14.3 Å². The van der Waals surface area contributed by atoms with Crippen LogP contribution >= 0.6 is 0 Å². The number of nitrogens with one attached hydrogen (secondary N) is 1. The predicted octanol–water partition coefficient (Wildman–Crippen LogP) is 0.862. The second-order valence-corrected chi connectivity index (χ2v) is 7.08. The van der Waals surface area contributed by atoms with E-state index in [4.69, 9.17) is 10.1 Å². The van der Waals surface area contributed by atoms with E-state index in [-0.39, 0.29) is 25.3 Å². The average molecular weight is 414 g/mol. The molecular weight excluding hydrogens is 395 g/mol. The number of aliphatic hydroxyl groups excluding tert-OH is 1. The minimum Gasteiger partial charge on any atom is -0.393 e. The van der Waals surface area contributed by atoms with Crippen LogP contribution in [0.25, 0.3) is 0 Å². The number of hydroxylamine groups is 2. The van der Waals surface area contributed by atoms with E-state index in [9.17, 15) is 19.1 Å². The molecule has 1 aromatic heterocycles. The molecule has 0 fully saturated rings. The van der Waals surface area contributed by atoms with Crippen molar-refractivity contribution in [2.45, 2.75) is 25.6 Å². The molecule has 0 aliphatic carbocycles. The second-order valence-electron chi connectivity index (χ2n) is 7.08. The fraction of sp³-hybridized carbons (Fsp3) is 0.368. The Morgan fingerprint density at radius 1 is 1.50 bits per heavy atom. The molecule has 2 aliphatic heterocycles. The number of rotatable bonds is 2. The number of anilines is 1. The number of carbonyl (C=O) groups excluding carboxylic acids is 2. The maximum absolute atomic E-state index is 13.5. The van der Waals surface area contributed by atoms with Crippen LogP contribution in [0.4, 0.5) is 14.9 Å². The van der Waals surface area contributed by atoms with Gasteiger partial charge in [-0.15, -0.1) is 0 Å². The first-order chi connectivity index (χ1) is 14.4. The molecule has 2 aliphatic rings. The van der Waals surface area contributed by atoms with Crippen LogP contribution in [0.3, 0.4) is 0 Å². The Labute approximate surface area is 171 Å². The smallest absolute Gasteiger partial charge is 0.322 e. The van der Waals surface area contributed by atoms with E-state index >= 15 is 0 Å². The van der Waals surface area contributed by atoms with Crippen molar-refractivity contribution in [1.82, 2.24) is 19.7 Å². The summed E-state index contributed by atoms with van der Waals surface area (Å²) in [4.78, 5) is 32.4. The van der Waals surface area contributed by atoms with Gasteiger partial charge in [-0.2, -0.15) is 10.4 Å². The summed E-state index contributed by atoms with van der Waals surface area (Å²) in [7, 11) is 1.47. The van der Waals surface area contributed by atoms with E-state index in [1.165, 1.54) is 28.8 Å². The van der Waals surface area contributed by atoms with Crippen LogP contribution < -0.4 is 5.32 Å². The van der Waals surface area contributed by atoms with Gasteiger partial charge in [-0.1, -0.05) is 0 Å². The van der Waals surface area contributed by atoms with Crippen molar-refractivity contribution in [3.63, 3.8) is 0 Å². The highest BCUT2D eigenvalue weighted by molar-refractivity contribution is 5.94. The van der Waals surface area contributed by atoms with Crippen molar-refractivity contribution in [3.05, 3.63) is 46.5 Å². The third-order valence-corrected chi connectivity index (χ3v) is 5.10. The second kappa shape index (κ2) is 7.74. The predicted molar refractivity (Wildman–Crippen MR) is 101 cm³/mol. The first-order valence-electron chi connectivity index (χ1n) is 9.31. The maximum atomic E-state index is 13.5. The zero-order valence-corrected chi connectivity index (χ0v) is 16.1. The first kappa shape index (κ1) is 19.8. The lowest BCUT2D eigenvalue weighted by Crippen LogP contribution is -2.39. The maximum Gasteiger partial charge on any atom is 0.322 e. The van der Waals surface area contributed by atoms with Gasteiger partial charge in [0.15, 0.2) is 0 Å². The Hall–Kier alpha value is -3.49. The number of urea groups is 1. The van der Waals surface area contributed by atoms with Crippen LogP contribution in [0.5, 0.6) is 0 Å². The Bertz CT molecular complexity index is 1060. The third kappa shape index (κ3) is 3.47. The summed E-state index contributed by atoms with van der Waals surface area (Å²) in [6.45, 7) is 0.490. The van der Waals surface area contributed by atoms with Crippen molar-refractivity contribution in [1.29, 1.82) is 5.26 Å². The average Bonchev–Trinajstić information content (AvgIpc) is 3.04. The van der Waals surface area contributed by atoms with Crippen molar-refractivity contribution >= 4 is 17.6 Å². The molecule has 30 heavy (non-hydrogen) atoms. The highest BCUT2D eigenvalue weighted by atomic mass is 19.1. The van der Waals surface area contributed by atoms with Crippen molar-refractivity contribution < 1.29 is 23.9 Å². The lowest BCUT2D eigenvalue weighted by Gasteiger charge is -2.27. The molecule has 156 valence electrons. The zero-order chi connectivity index (χ0) is 21.4. The monoisotopic (exact) mass is 414 g/mol. The van der Waals surface area contributed by atoms with E-state index < -0.39 is 23.9 Å². The van der Waals surface area contributed by atoms with Gasteiger partial charge < -0.3 is 15.3 Å². The lowest BCUT2D eigenvalue weighted by atomic mass is 10.1. The highest BCUT2D eigenvalue weighted by Crippen LogP contribution is 2.26. The van der Waals surface area contributed by atoms with E-state index in [1.54, 1.807) is 6.07 Å². The van der Waals surface area contributed by atoms with Crippen LogP contribution in [0.2, 0.25) is 0 Å². The molecule has 3 heterocycles. The number of nitrogens with zero attached hydrogens (tertiary/aromatic N) is 5. The van der Waals surface area contributed by atoms with Crippen molar-refractivity contribution in [2.75, 3.05) is 25.5 Å². The molecule has 1 atom stereocenters. The first-order valence-corrected chi connectivity index (χ1v) is 9.31. The molecule has 2 aromatic rings. The molecule has 4 rings (SSSR count). The van der Waals surface area contributed by atoms with Crippen LogP contribution in [0.1, 0.15) is 27.3 Å². The number of carbonyl (C=O) groups is 2. The van der Waals surface area contributed by atoms with Gasteiger partial charge >= 0.3 is 6.03 Å². The largest absolute Gasteiger partial charge is 0.393 e.